The minimum Gasteiger partial charge on any atom is -0.493 e. The van der Waals surface area contributed by atoms with Gasteiger partial charge in [-0.15, -0.1) is 0 Å². The van der Waals surface area contributed by atoms with Crippen molar-refractivity contribution < 1.29 is 14.3 Å². The van der Waals surface area contributed by atoms with Crippen LogP contribution in [-0.2, 0) is 9.59 Å². The Balaban J connectivity index is 1.71. The molecule has 24 heavy (non-hydrogen) atoms. The average Bonchev–Trinajstić information content (AvgIpc) is 2.90. The normalized spacial score (nSPS) is 23.7. The highest BCUT2D eigenvalue weighted by molar-refractivity contribution is 6.30. The van der Waals surface area contributed by atoms with Crippen LogP contribution in [0.1, 0.15) is 45.2 Å². The predicted molar refractivity (Wildman–Crippen MR) is 92.0 cm³/mol. The monoisotopic (exact) mass is 350 g/mol. The summed E-state index contributed by atoms with van der Waals surface area (Å²) in [5, 5.41) is 3.70. The summed E-state index contributed by atoms with van der Waals surface area (Å²) in [4.78, 5) is 26.6. The third-order valence-corrected chi connectivity index (χ3v) is 4.87. The molecule has 1 fully saturated rings. The Labute approximate surface area is 147 Å². The zero-order chi connectivity index (χ0) is 17.5. The summed E-state index contributed by atoms with van der Waals surface area (Å²) in [6.07, 6.45) is 0.970. The van der Waals surface area contributed by atoms with E-state index < -0.39 is 0 Å². The number of hydrogen-bond acceptors (Lipinski definition) is 3. The van der Waals surface area contributed by atoms with Crippen molar-refractivity contribution in [3.8, 4) is 5.75 Å². The van der Waals surface area contributed by atoms with Crippen molar-refractivity contribution in [2.24, 2.45) is 5.92 Å². The van der Waals surface area contributed by atoms with Crippen LogP contribution >= 0.6 is 11.6 Å². The number of hydrogen-bond donors (Lipinski definition) is 1. The molecule has 130 valence electrons. The Hall–Kier alpha value is -1.75. The molecule has 6 heteroatoms. The minimum atomic E-state index is -0.304. The zero-order valence-corrected chi connectivity index (χ0v) is 15.0. The molecule has 0 aromatic heterocycles. The van der Waals surface area contributed by atoms with Crippen LogP contribution in [0.15, 0.2) is 18.2 Å². The van der Waals surface area contributed by atoms with Gasteiger partial charge in [-0.3, -0.25) is 9.59 Å². The Morgan fingerprint density at radius 2 is 2.12 bits per heavy atom. The zero-order valence-electron chi connectivity index (χ0n) is 14.3. The minimum absolute atomic E-state index is 0.0399. The van der Waals surface area contributed by atoms with E-state index in [1.165, 1.54) is 0 Å². The van der Waals surface area contributed by atoms with Crippen molar-refractivity contribution in [2.45, 2.75) is 45.2 Å². The lowest BCUT2D eigenvalue weighted by Gasteiger charge is -2.32. The van der Waals surface area contributed by atoms with Crippen molar-refractivity contribution in [1.82, 2.24) is 10.2 Å². The van der Waals surface area contributed by atoms with Crippen molar-refractivity contribution in [3.63, 3.8) is 0 Å². The summed E-state index contributed by atoms with van der Waals surface area (Å²) in [6, 6.07) is 5.32. The average molecular weight is 351 g/mol. The topological polar surface area (TPSA) is 58.6 Å². The third kappa shape index (κ3) is 3.36. The van der Waals surface area contributed by atoms with E-state index in [2.05, 4.69) is 5.32 Å². The van der Waals surface area contributed by atoms with Crippen LogP contribution in [0.4, 0.5) is 0 Å². The number of nitrogens with zero attached hydrogens (tertiary/aromatic N) is 1. The molecule has 0 radical (unpaired) electrons. The van der Waals surface area contributed by atoms with Gasteiger partial charge < -0.3 is 15.0 Å². The first-order valence-corrected chi connectivity index (χ1v) is 8.66. The van der Waals surface area contributed by atoms with Gasteiger partial charge in [0.15, 0.2) is 0 Å². The van der Waals surface area contributed by atoms with Gasteiger partial charge >= 0.3 is 0 Å². The number of likely N-dealkylation sites (tertiary alicyclic amines) is 1. The van der Waals surface area contributed by atoms with E-state index in [-0.39, 0.29) is 35.7 Å². The molecular formula is C18H23ClN2O3. The van der Waals surface area contributed by atoms with Crippen molar-refractivity contribution >= 4 is 23.4 Å². The molecule has 2 amide bonds. The second-order valence-corrected chi connectivity index (χ2v) is 7.89. The largest absolute Gasteiger partial charge is 0.493 e. The number of fused-ring (bicyclic) bond motifs is 1. The van der Waals surface area contributed by atoms with Crippen LogP contribution in [-0.4, -0.2) is 35.4 Å². The molecule has 1 saturated heterocycles. The number of nitrogens with one attached hydrogen (secondary N) is 1. The molecule has 1 aromatic carbocycles. The molecule has 1 aromatic rings. The molecule has 0 saturated carbocycles. The van der Waals surface area contributed by atoms with Gasteiger partial charge in [0.25, 0.3) is 0 Å². The molecule has 1 N–H and O–H groups in total. The molecule has 5 nitrogen and oxygen atoms in total. The van der Waals surface area contributed by atoms with E-state index in [9.17, 15) is 9.59 Å². The molecule has 0 bridgehead atoms. The standard InChI is InChI=1S/C18H23ClN2O3/c1-18(2,3)21-10-11(8-16(21)22)17(23)20-14-6-7-24-15-5-4-12(19)9-13(14)15/h4-5,9,11,14H,6-8,10H2,1-3H3,(H,20,23). The third-order valence-electron chi connectivity index (χ3n) is 4.63. The van der Waals surface area contributed by atoms with E-state index in [4.69, 9.17) is 16.3 Å². The second kappa shape index (κ2) is 6.28. The molecule has 2 aliphatic rings. The Morgan fingerprint density at radius 3 is 2.79 bits per heavy atom. The van der Waals surface area contributed by atoms with E-state index in [0.29, 0.717) is 24.6 Å². The fourth-order valence-electron chi connectivity index (χ4n) is 3.34. The number of carbonyl (C=O) groups is 2. The fourth-order valence-corrected chi connectivity index (χ4v) is 3.52. The highest BCUT2D eigenvalue weighted by Gasteiger charge is 2.40. The highest BCUT2D eigenvalue weighted by Crippen LogP contribution is 2.34. The van der Waals surface area contributed by atoms with Crippen molar-refractivity contribution in [2.75, 3.05) is 13.2 Å². The van der Waals surface area contributed by atoms with Gasteiger partial charge in [-0.05, 0) is 39.0 Å². The van der Waals surface area contributed by atoms with Gasteiger partial charge in [-0.1, -0.05) is 11.6 Å². The predicted octanol–water partition coefficient (Wildman–Crippen LogP) is 2.93. The highest BCUT2D eigenvalue weighted by atomic mass is 35.5. The number of halogens is 1. The first kappa shape index (κ1) is 17.1. The van der Waals surface area contributed by atoms with E-state index >= 15 is 0 Å². The quantitative estimate of drug-likeness (QED) is 0.892. The van der Waals surface area contributed by atoms with E-state index in [1.807, 2.05) is 32.9 Å². The van der Waals surface area contributed by atoms with Gasteiger partial charge in [0, 0.05) is 35.5 Å². The lowest BCUT2D eigenvalue weighted by atomic mass is 9.99. The lowest BCUT2D eigenvalue weighted by molar-refractivity contribution is -0.132. The molecule has 2 heterocycles. The second-order valence-electron chi connectivity index (χ2n) is 7.46. The Kier molecular flexibility index (Phi) is 4.47. The molecule has 0 spiro atoms. The van der Waals surface area contributed by atoms with Gasteiger partial charge in [0.2, 0.25) is 11.8 Å². The van der Waals surface area contributed by atoms with Gasteiger partial charge in [-0.2, -0.15) is 0 Å². The molecule has 2 aliphatic heterocycles. The number of ether oxygens (including phenoxy) is 1. The van der Waals surface area contributed by atoms with E-state index in [1.54, 1.807) is 11.0 Å². The summed E-state index contributed by atoms with van der Waals surface area (Å²) in [5.41, 5.74) is 0.643. The number of benzene rings is 1. The maximum Gasteiger partial charge on any atom is 0.225 e. The fraction of sp³-hybridized carbons (Fsp3) is 0.556. The van der Waals surface area contributed by atoms with Gasteiger partial charge in [0.05, 0.1) is 18.6 Å². The molecule has 2 atom stereocenters. The van der Waals surface area contributed by atoms with Crippen molar-refractivity contribution in [3.05, 3.63) is 28.8 Å². The van der Waals surface area contributed by atoms with Crippen LogP contribution in [0.25, 0.3) is 0 Å². The Bertz CT molecular complexity index is 669. The molecule has 3 rings (SSSR count). The van der Waals surface area contributed by atoms with Crippen LogP contribution < -0.4 is 10.1 Å². The van der Waals surface area contributed by atoms with Crippen molar-refractivity contribution in [1.29, 1.82) is 0 Å². The Morgan fingerprint density at radius 1 is 1.38 bits per heavy atom. The summed E-state index contributed by atoms with van der Waals surface area (Å²) >= 11 is 6.07. The number of amides is 2. The maximum atomic E-state index is 12.7. The summed E-state index contributed by atoms with van der Waals surface area (Å²) in [7, 11) is 0. The smallest absolute Gasteiger partial charge is 0.225 e. The first-order chi connectivity index (χ1) is 11.3. The van der Waals surface area contributed by atoms with Gasteiger partial charge in [0.1, 0.15) is 5.75 Å². The summed E-state index contributed by atoms with van der Waals surface area (Å²) in [5.74, 6) is 0.419. The molecule has 0 aliphatic carbocycles. The van der Waals surface area contributed by atoms with Gasteiger partial charge in [-0.25, -0.2) is 0 Å². The van der Waals surface area contributed by atoms with Crippen LogP contribution in [0, 0.1) is 5.92 Å². The van der Waals surface area contributed by atoms with E-state index in [0.717, 1.165) is 11.3 Å². The lowest BCUT2D eigenvalue weighted by Crippen LogP contribution is -2.43. The summed E-state index contributed by atoms with van der Waals surface area (Å²) in [6.45, 7) is 6.99. The number of rotatable bonds is 2. The SMILES string of the molecule is CC(C)(C)N1CC(C(=O)NC2CCOc3ccc(Cl)cc32)CC1=O. The van der Waals surface area contributed by atoms with Crippen LogP contribution in [0.3, 0.4) is 0 Å². The molecule has 2 unspecified atom stereocenters. The molecular weight excluding hydrogens is 328 g/mol. The summed E-state index contributed by atoms with van der Waals surface area (Å²) < 4.78 is 5.62. The number of carbonyl (C=O) groups excluding carboxylic acids is 2. The van der Waals surface area contributed by atoms with Crippen LogP contribution in [0.5, 0.6) is 5.75 Å². The maximum absolute atomic E-state index is 12.7. The first-order valence-electron chi connectivity index (χ1n) is 8.29. The van der Waals surface area contributed by atoms with Crippen LogP contribution in [0.2, 0.25) is 5.02 Å².